The largest absolute Gasteiger partial charge is 0.318 e. The zero-order valence-electron chi connectivity index (χ0n) is 8.46. The molecule has 0 bridgehead atoms. The number of nitrogen functional groups attached to an aromatic ring is 1. The molecule has 2 aromatic rings. The SMILES string of the molecule is N#Cc1nccn1Cc1ccc(NN)nc1. The number of nitrogens with two attached hydrogens (primary N) is 1. The van der Waals surface area contributed by atoms with Crippen molar-refractivity contribution in [2.24, 2.45) is 5.84 Å². The molecule has 0 aromatic carbocycles. The quantitative estimate of drug-likeness (QED) is 0.572. The molecule has 0 atom stereocenters. The van der Waals surface area contributed by atoms with Crippen LogP contribution >= 0.6 is 0 Å². The number of hydrogen-bond donors (Lipinski definition) is 2. The van der Waals surface area contributed by atoms with Gasteiger partial charge in [-0.1, -0.05) is 6.07 Å². The Labute approximate surface area is 92.3 Å². The summed E-state index contributed by atoms with van der Waals surface area (Å²) >= 11 is 0. The molecule has 0 spiro atoms. The summed E-state index contributed by atoms with van der Waals surface area (Å²) in [5.41, 5.74) is 3.43. The average molecular weight is 214 g/mol. The number of pyridine rings is 1. The molecule has 0 saturated heterocycles. The van der Waals surface area contributed by atoms with Gasteiger partial charge in [0.15, 0.2) is 0 Å². The van der Waals surface area contributed by atoms with E-state index < -0.39 is 0 Å². The van der Waals surface area contributed by atoms with Crippen molar-refractivity contribution in [3.05, 3.63) is 42.1 Å². The number of hydrogen-bond acceptors (Lipinski definition) is 5. The van der Waals surface area contributed by atoms with Gasteiger partial charge in [0.25, 0.3) is 0 Å². The Morgan fingerprint density at radius 3 is 2.94 bits per heavy atom. The van der Waals surface area contributed by atoms with Crippen molar-refractivity contribution in [2.45, 2.75) is 6.54 Å². The lowest BCUT2D eigenvalue weighted by molar-refractivity contribution is 0.779. The third-order valence-corrected chi connectivity index (χ3v) is 2.14. The van der Waals surface area contributed by atoms with E-state index in [-0.39, 0.29) is 0 Å². The highest BCUT2D eigenvalue weighted by Crippen LogP contribution is 2.06. The van der Waals surface area contributed by atoms with E-state index >= 15 is 0 Å². The molecule has 0 aliphatic heterocycles. The first-order valence-corrected chi connectivity index (χ1v) is 4.66. The smallest absolute Gasteiger partial charge is 0.213 e. The molecule has 80 valence electrons. The van der Waals surface area contributed by atoms with E-state index in [2.05, 4.69) is 15.4 Å². The van der Waals surface area contributed by atoms with Gasteiger partial charge in [0, 0.05) is 18.6 Å². The predicted octanol–water partition coefficient (Wildman–Crippen LogP) is 0.484. The number of rotatable bonds is 3. The molecule has 2 aromatic heterocycles. The Morgan fingerprint density at radius 1 is 1.44 bits per heavy atom. The normalized spacial score (nSPS) is 9.75. The topological polar surface area (TPSA) is 92.5 Å². The monoisotopic (exact) mass is 214 g/mol. The van der Waals surface area contributed by atoms with Crippen molar-refractivity contribution < 1.29 is 0 Å². The Hall–Kier alpha value is -2.39. The van der Waals surface area contributed by atoms with Crippen molar-refractivity contribution in [1.29, 1.82) is 5.26 Å². The van der Waals surface area contributed by atoms with Gasteiger partial charge in [-0.3, -0.25) is 0 Å². The van der Waals surface area contributed by atoms with E-state index in [4.69, 9.17) is 11.1 Å². The van der Waals surface area contributed by atoms with Crippen molar-refractivity contribution in [2.75, 3.05) is 5.43 Å². The number of hydrazine groups is 1. The molecule has 0 saturated carbocycles. The van der Waals surface area contributed by atoms with E-state index in [9.17, 15) is 0 Å². The molecular weight excluding hydrogens is 204 g/mol. The maximum absolute atomic E-state index is 8.79. The first kappa shape index (κ1) is 10.1. The fourth-order valence-electron chi connectivity index (χ4n) is 1.35. The summed E-state index contributed by atoms with van der Waals surface area (Å²) in [4.78, 5) is 7.99. The van der Waals surface area contributed by atoms with Crippen LogP contribution in [0.25, 0.3) is 0 Å². The minimum atomic E-state index is 0.390. The summed E-state index contributed by atoms with van der Waals surface area (Å²) in [7, 11) is 0. The van der Waals surface area contributed by atoms with Crippen molar-refractivity contribution in [3.63, 3.8) is 0 Å². The van der Waals surface area contributed by atoms with Crippen LogP contribution in [0.1, 0.15) is 11.4 Å². The minimum Gasteiger partial charge on any atom is -0.318 e. The maximum atomic E-state index is 8.79. The number of nitrogens with one attached hydrogen (secondary N) is 1. The van der Waals surface area contributed by atoms with E-state index in [0.29, 0.717) is 18.2 Å². The Kier molecular flexibility index (Phi) is 2.80. The summed E-state index contributed by atoms with van der Waals surface area (Å²) in [6.07, 6.45) is 5.06. The summed E-state index contributed by atoms with van der Waals surface area (Å²) < 4.78 is 1.76. The van der Waals surface area contributed by atoms with Gasteiger partial charge in [-0.15, -0.1) is 0 Å². The second kappa shape index (κ2) is 4.42. The zero-order chi connectivity index (χ0) is 11.4. The van der Waals surface area contributed by atoms with Crippen LogP contribution in [-0.4, -0.2) is 14.5 Å². The van der Waals surface area contributed by atoms with Gasteiger partial charge >= 0.3 is 0 Å². The summed E-state index contributed by atoms with van der Waals surface area (Å²) in [5, 5.41) is 8.79. The standard InChI is InChI=1S/C10H10N6/c11-5-10-13-3-4-16(10)7-8-1-2-9(15-12)14-6-8/h1-4,6H,7,12H2,(H,14,15). The lowest BCUT2D eigenvalue weighted by Gasteiger charge is -2.04. The molecule has 6 heteroatoms. The minimum absolute atomic E-state index is 0.390. The van der Waals surface area contributed by atoms with Crippen LogP contribution in [0.4, 0.5) is 5.82 Å². The molecule has 0 fully saturated rings. The van der Waals surface area contributed by atoms with Gasteiger partial charge in [0.1, 0.15) is 11.9 Å². The average Bonchev–Trinajstić information content (AvgIpc) is 2.77. The molecule has 2 heterocycles. The first-order valence-electron chi connectivity index (χ1n) is 4.66. The Bertz CT molecular complexity index is 507. The molecular formula is C10H10N6. The molecule has 2 rings (SSSR count). The second-order valence-corrected chi connectivity index (χ2v) is 3.19. The molecule has 16 heavy (non-hydrogen) atoms. The van der Waals surface area contributed by atoms with Crippen LogP contribution in [0.3, 0.4) is 0 Å². The summed E-state index contributed by atoms with van der Waals surface area (Å²) in [5.74, 6) is 6.21. The van der Waals surface area contributed by atoms with Crippen LogP contribution in [0, 0.1) is 11.3 Å². The highest BCUT2D eigenvalue weighted by atomic mass is 15.2. The molecule has 0 unspecified atom stereocenters. The molecule has 0 radical (unpaired) electrons. The van der Waals surface area contributed by atoms with Gasteiger partial charge in [-0.25, -0.2) is 15.8 Å². The van der Waals surface area contributed by atoms with Crippen molar-refractivity contribution in [3.8, 4) is 6.07 Å². The number of nitrogens with zero attached hydrogens (tertiary/aromatic N) is 4. The first-order chi connectivity index (χ1) is 7.83. The van der Waals surface area contributed by atoms with Gasteiger partial charge in [-0.05, 0) is 11.6 Å². The Balaban J connectivity index is 2.18. The van der Waals surface area contributed by atoms with E-state index in [1.54, 1.807) is 29.2 Å². The van der Waals surface area contributed by atoms with Crippen LogP contribution in [0.5, 0.6) is 0 Å². The highest BCUT2D eigenvalue weighted by molar-refractivity contribution is 5.33. The fraction of sp³-hybridized carbons (Fsp3) is 0.100. The number of anilines is 1. The van der Waals surface area contributed by atoms with Crippen molar-refractivity contribution >= 4 is 5.82 Å². The predicted molar refractivity (Wildman–Crippen MR) is 58.1 cm³/mol. The van der Waals surface area contributed by atoms with Crippen LogP contribution in [0.15, 0.2) is 30.7 Å². The number of imidazole rings is 1. The summed E-state index contributed by atoms with van der Waals surface area (Å²) in [6, 6.07) is 5.69. The molecule has 3 N–H and O–H groups in total. The highest BCUT2D eigenvalue weighted by Gasteiger charge is 2.02. The second-order valence-electron chi connectivity index (χ2n) is 3.19. The maximum Gasteiger partial charge on any atom is 0.213 e. The molecule has 0 amide bonds. The van der Waals surface area contributed by atoms with Gasteiger partial charge in [0.2, 0.25) is 5.82 Å². The third-order valence-electron chi connectivity index (χ3n) is 2.14. The van der Waals surface area contributed by atoms with Gasteiger partial charge in [0.05, 0.1) is 6.54 Å². The molecule has 6 nitrogen and oxygen atoms in total. The molecule has 0 aliphatic rings. The molecule has 0 aliphatic carbocycles. The number of nitriles is 1. The zero-order valence-corrected chi connectivity index (χ0v) is 8.46. The van der Waals surface area contributed by atoms with Crippen LogP contribution in [-0.2, 0) is 6.54 Å². The lowest BCUT2D eigenvalue weighted by Crippen LogP contribution is -2.09. The fourth-order valence-corrected chi connectivity index (χ4v) is 1.35. The van der Waals surface area contributed by atoms with Crippen LogP contribution in [0.2, 0.25) is 0 Å². The number of aromatic nitrogens is 3. The lowest BCUT2D eigenvalue weighted by atomic mass is 10.3. The van der Waals surface area contributed by atoms with Gasteiger partial charge < -0.3 is 9.99 Å². The van der Waals surface area contributed by atoms with E-state index in [0.717, 1.165) is 5.56 Å². The van der Waals surface area contributed by atoms with Crippen molar-refractivity contribution in [1.82, 2.24) is 14.5 Å². The summed E-state index contributed by atoms with van der Waals surface area (Å²) in [6.45, 7) is 0.570. The van der Waals surface area contributed by atoms with Gasteiger partial charge in [-0.2, -0.15) is 5.26 Å². The Morgan fingerprint density at radius 2 is 2.31 bits per heavy atom. The van der Waals surface area contributed by atoms with E-state index in [1.165, 1.54) is 0 Å². The third kappa shape index (κ3) is 1.99. The van der Waals surface area contributed by atoms with Crippen LogP contribution < -0.4 is 11.3 Å². The van der Waals surface area contributed by atoms with E-state index in [1.807, 2.05) is 12.1 Å².